The Kier molecular flexibility index (Phi) is 12.2. The summed E-state index contributed by atoms with van der Waals surface area (Å²) in [5.41, 5.74) is 4.58. The first-order chi connectivity index (χ1) is 22.6. The molecule has 2 aliphatic heterocycles. The number of carboxylic acid groups (broad SMARTS) is 2. The van der Waals surface area contributed by atoms with Gasteiger partial charge < -0.3 is 24.9 Å². The van der Waals surface area contributed by atoms with Gasteiger partial charge in [0.05, 0.1) is 11.8 Å². The molecule has 2 aromatic rings. The molecule has 0 bridgehead atoms. The number of alkyl halides is 3. The van der Waals surface area contributed by atoms with E-state index in [2.05, 4.69) is 4.90 Å². The molecule has 2 amide bonds. The average molecular weight is 694 g/mol. The summed E-state index contributed by atoms with van der Waals surface area (Å²) in [6, 6.07) is 11.7. The summed E-state index contributed by atoms with van der Waals surface area (Å²) in [4.78, 5) is 54.3. The standard InChI is InChI=1S/C33H42ClN3O4.C2HF3O2/c1-21-12-13-26(16-29(21)34)37(31(38)27-10-4-5-11-28(27)33(40)41)15-7-14-35-17-24-19-36(20-25(24)18-35)32(39)30-22(2)8-6-9-23(30)3;3-2(4,5)1(6)7/h6,8-9,12-13,16,24-25,27-28H,4-5,7,10-11,14-15,17-20H2,1-3H3,(H,40,41);(H,6,7)/t24?,25?,27-,28-;/m0./s1. The summed E-state index contributed by atoms with van der Waals surface area (Å²) in [5.74, 6) is -3.79. The second kappa shape index (κ2) is 15.7. The Morgan fingerprint density at radius 2 is 1.44 bits per heavy atom. The lowest BCUT2D eigenvalue weighted by Crippen LogP contribution is -2.43. The van der Waals surface area contributed by atoms with E-state index in [-0.39, 0.29) is 11.8 Å². The second-order valence-electron chi connectivity index (χ2n) is 13.2. The van der Waals surface area contributed by atoms with Crippen molar-refractivity contribution < 1.29 is 42.6 Å². The first-order valence-corrected chi connectivity index (χ1v) is 16.6. The van der Waals surface area contributed by atoms with Crippen LogP contribution >= 0.6 is 11.6 Å². The minimum atomic E-state index is -5.08. The third-order valence-corrected chi connectivity index (χ3v) is 10.2. The zero-order chi connectivity index (χ0) is 35.3. The molecular formula is C35H43ClF3N3O6. The number of aliphatic carboxylic acids is 2. The number of hydrogen-bond acceptors (Lipinski definition) is 5. The normalized spacial score (nSPS) is 22.4. The molecule has 13 heteroatoms. The molecule has 3 aliphatic rings. The molecule has 0 radical (unpaired) electrons. The summed E-state index contributed by atoms with van der Waals surface area (Å²) in [5, 5.41) is 17.5. The highest BCUT2D eigenvalue weighted by molar-refractivity contribution is 6.31. The maximum atomic E-state index is 13.8. The Morgan fingerprint density at radius 1 is 0.875 bits per heavy atom. The summed E-state index contributed by atoms with van der Waals surface area (Å²) < 4.78 is 31.7. The first-order valence-electron chi connectivity index (χ1n) is 16.3. The maximum Gasteiger partial charge on any atom is 0.490 e. The highest BCUT2D eigenvalue weighted by atomic mass is 35.5. The van der Waals surface area contributed by atoms with E-state index in [1.165, 1.54) is 0 Å². The molecule has 0 spiro atoms. The van der Waals surface area contributed by atoms with E-state index in [9.17, 15) is 32.7 Å². The fourth-order valence-electron chi connectivity index (χ4n) is 7.24. The van der Waals surface area contributed by atoms with Gasteiger partial charge in [0.25, 0.3) is 5.91 Å². The molecule has 2 unspecified atom stereocenters. The lowest BCUT2D eigenvalue weighted by atomic mass is 9.78. The summed E-state index contributed by atoms with van der Waals surface area (Å²) in [7, 11) is 0. The topological polar surface area (TPSA) is 118 Å². The van der Waals surface area contributed by atoms with E-state index in [1.54, 1.807) is 4.90 Å². The monoisotopic (exact) mass is 693 g/mol. The number of rotatable bonds is 8. The van der Waals surface area contributed by atoms with E-state index >= 15 is 0 Å². The van der Waals surface area contributed by atoms with Crippen molar-refractivity contribution in [2.75, 3.05) is 44.2 Å². The predicted octanol–water partition coefficient (Wildman–Crippen LogP) is 6.22. The molecule has 2 heterocycles. The van der Waals surface area contributed by atoms with Crippen molar-refractivity contribution in [1.82, 2.24) is 9.80 Å². The highest BCUT2D eigenvalue weighted by Crippen LogP contribution is 2.35. The molecule has 5 rings (SSSR count). The second-order valence-corrected chi connectivity index (χ2v) is 13.6. The van der Waals surface area contributed by atoms with Crippen molar-refractivity contribution >= 4 is 41.0 Å². The molecule has 262 valence electrons. The fraction of sp³-hybridized carbons (Fsp3) is 0.543. The van der Waals surface area contributed by atoms with Gasteiger partial charge in [-0.3, -0.25) is 14.4 Å². The number of carbonyl (C=O) groups excluding carboxylic acids is 2. The third-order valence-electron chi connectivity index (χ3n) is 9.78. The van der Waals surface area contributed by atoms with Gasteiger partial charge in [-0.1, -0.05) is 48.7 Å². The number of carbonyl (C=O) groups is 4. The number of likely N-dealkylation sites (tertiary alicyclic amines) is 2. The third kappa shape index (κ3) is 8.87. The van der Waals surface area contributed by atoms with Crippen LogP contribution in [0.3, 0.4) is 0 Å². The fourth-order valence-corrected chi connectivity index (χ4v) is 7.41. The van der Waals surface area contributed by atoms with Crippen LogP contribution in [0.25, 0.3) is 0 Å². The maximum absolute atomic E-state index is 13.8. The molecular weight excluding hydrogens is 651 g/mol. The van der Waals surface area contributed by atoms with Crippen LogP contribution in [0, 0.1) is 44.4 Å². The molecule has 1 aliphatic carbocycles. The molecule has 48 heavy (non-hydrogen) atoms. The van der Waals surface area contributed by atoms with Gasteiger partial charge in [-0.2, -0.15) is 13.2 Å². The summed E-state index contributed by atoms with van der Waals surface area (Å²) in [6.45, 7) is 10.8. The van der Waals surface area contributed by atoms with Gasteiger partial charge in [0.1, 0.15) is 0 Å². The zero-order valence-electron chi connectivity index (χ0n) is 27.4. The Bertz CT molecular complexity index is 1480. The Hall–Kier alpha value is -3.64. The number of carboxylic acids is 2. The molecule has 2 saturated heterocycles. The van der Waals surface area contributed by atoms with E-state index in [1.807, 2.05) is 62.1 Å². The number of anilines is 1. The highest BCUT2D eigenvalue weighted by Gasteiger charge is 2.42. The van der Waals surface area contributed by atoms with Crippen LogP contribution in [-0.4, -0.2) is 89.2 Å². The number of amides is 2. The van der Waals surface area contributed by atoms with Crippen LogP contribution in [0.15, 0.2) is 36.4 Å². The predicted molar refractivity (Wildman–Crippen MR) is 175 cm³/mol. The molecule has 1 saturated carbocycles. The van der Waals surface area contributed by atoms with Gasteiger partial charge in [-0.05, 0) is 87.2 Å². The Morgan fingerprint density at radius 3 is 1.96 bits per heavy atom. The quantitative estimate of drug-likeness (QED) is 0.337. The molecule has 4 atom stereocenters. The van der Waals surface area contributed by atoms with Crippen molar-refractivity contribution in [3.63, 3.8) is 0 Å². The summed E-state index contributed by atoms with van der Waals surface area (Å²) >= 11 is 6.44. The molecule has 2 aromatic carbocycles. The zero-order valence-corrected chi connectivity index (χ0v) is 28.2. The van der Waals surface area contributed by atoms with Crippen molar-refractivity contribution in [3.8, 4) is 0 Å². The number of halogens is 4. The van der Waals surface area contributed by atoms with Gasteiger partial charge in [0.2, 0.25) is 5.91 Å². The van der Waals surface area contributed by atoms with Crippen molar-refractivity contribution in [3.05, 3.63) is 63.7 Å². The average Bonchev–Trinajstić information content (AvgIpc) is 3.59. The van der Waals surface area contributed by atoms with E-state index in [0.29, 0.717) is 36.2 Å². The molecule has 2 N–H and O–H groups in total. The van der Waals surface area contributed by atoms with Crippen molar-refractivity contribution in [1.29, 1.82) is 0 Å². The molecule has 3 fully saturated rings. The van der Waals surface area contributed by atoms with E-state index in [4.69, 9.17) is 21.5 Å². The summed E-state index contributed by atoms with van der Waals surface area (Å²) in [6.07, 6.45) is -1.41. The SMILES string of the molecule is Cc1ccc(N(CCCN2CC3CN(C(=O)c4c(C)cccc4C)CC3C2)C(=O)[C@H]2CCCC[C@@H]2C(=O)O)cc1Cl.O=C(O)C(F)(F)F. The first kappa shape index (κ1) is 37.2. The van der Waals surface area contributed by atoms with Gasteiger partial charge in [-0.25, -0.2) is 4.79 Å². The molecule has 9 nitrogen and oxygen atoms in total. The minimum Gasteiger partial charge on any atom is -0.481 e. The minimum absolute atomic E-state index is 0.101. The lowest BCUT2D eigenvalue weighted by Gasteiger charge is -2.33. The van der Waals surface area contributed by atoms with Gasteiger partial charge in [0, 0.05) is 49.0 Å². The largest absolute Gasteiger partial charge is 0.490 e. The Labute approximate surface area is 283 Å². The lowest BCUT2D eigenvalue weighted by molar-refractivity contribution is -0.192. The number of fused-ring (bicyclic) bond motifs is 1. The smallest absolute Gasteiger partial charge is 0.481 e. The van der Waals surface area contributed by atoms with Crippen LogP contribution < -0.4 is 4.90 Å². The van der Waals surface area contributed by atoms with Crippen LogP contribution in [0.2, 0.25) is 5.02 Å². The van der Waals surface area contributed by atoms with Gasteiger partial charge >= 0.3 is 18.1 Å². The number of hydrogen-bond donors (Lipinski definition) is 2. The van der Waals surface area contributed by atoms with Crippen molar-refractivity contribution in [2.45, 2.75) is 59.1 Å². The molecule has 0 aromatic heterocycles. The number of nitrogens with zero attached hydrogens (tertiary/aromatic N) is 3. The number of aryl methyl sites for hydroxylation is 3. The Balaban J connectivity index is 0.000000671. The van der Waals surface area contributed by atoms with Crippen LogP contribution in [0.1, 0.15) is 59.2 Å². The van der Waals surface area contributed by atoms with Crippen molar-refractivity contribution in [2.24, 2.45) is 23.7 Å². The van der Waals surface area contributed by atoms with Gasteiger partial charge in [-0.15, -0.1) is 0 Å². The van der Waals surface area contributed by atoms with Crippen LogP contribution in [0.4, 0.5) is 18.9 Å². The van der Waals surface area contributed by atoms with Gasteiger partial charge in [0.15, 0.2) is 0 Å². The van der Waals surface area contributed by atoms with E-state index < -0.39 is 30.0 Å². The van der Waals surface area contributed by atoms with Crippen LogP contribution in [-0.2, 0) is 14.4 Å². The van der Waals surface area contributed by atoms with Crippen LogP contribution in [0.5, 0.6) is 0 Å². The van der Waals surface area contributed by atoms with E-state index in [0.717, 1.165) is 79.9 Å². The number of benzene rings is 2.